The average Bonchev–Trinajstić information content (AvgIpc) is 3.34. The molecule has 0 aliphatic rings. The van der Waals surface area contributed by atoms with Gasteiger partial charge in [-0.3, -0.25) is 19.3 Å². The first-order valence-corrected chi connectivity index (χ1v) is 11.9. The molecule has 1 atom stereocenters. The van der Waals surface area contributed by atoms with E-state index >= 15 is 0 Å². The first-order chi connectivity index (χ1) is 17.1. The summed E-state index contributed by atoms with van der Waals surface area (Å²) in [4.78, 5) is 40.2. The Hall–Kier alpha value is -3.91. The van der Waals surface area contributed by atoms with Crippen LogP contribution in [0, 0.1) is 27.7 Å². The molecule has 36 heavy (non-hydrogen) atoms. The summed E-state index contributed by atoms with van der Waals surface area (Å²) in [6, 6.07) is 14.7. The van der Waals surface area contributed by atoms with E-state index in [1.165, 1.54) is 4.90 Å². The van der Waals surface area contributed by atoms with E-state index in [0.717, 1.165) is 33.6 Å². The van der Waals surface area contributed by atoms with E-state index in [9.17, 15) is 14.4 Å². The Kier molecular flexibility index (Phi) is 9.02. The van der Waals surface area contributed by atoms with Gasteiger partial charge in [0.25, 0.3) is 0 Å². The molecule has 1 aromatic heterocycles. The number of aryl methyl sites for hydroxylation is 4. The van der Waals surface area contributed by atoms with Gasteiger partial charge in [-0.05, 0) is 69.0 Å². The molecule has 0 unspecified atom stereocenters. The molecule has 1 heterocycles. The van der Waals surface area contributed by atoms with Crippen molar-refractivity contribution in [2.24, 2.45) is 0 Å². The minimum absolute atomic E-state index is 0.128. The van der Waals surface area contributed by atoms with Gasteiger partial charge in [0.1, 0.15) is 5.76 Å². The summed E-state index contributed by atoms with van der Waals surface area (Å²) in [5.74, 6) is -0.313. The molecule has 0 aliphatic carbocycles. The summed E-state index contributed by atoms with van der Waals surface area (Å²) in [6.45, 7) is 9.09. The van der Waals surface area contributed by atoms with Crippen molar-refractivity contribution in [2.45, 2.75) is 40.7 Å². The van der Waals surface area contributed by atoms with Crippen molar-refractivity contribution in [2.75, 3.05) is 30.3 Å². The normalized spacial score (nSPS) is 11.7. The predicted molar refractivity (Wildman–Crippen MR) is 141 cm³/mol. The van der Waals surface area contributed by atoms with Crippen LogP contribution in [0.2, 0.25) is 0 Å². The van der Waals surface area contributed by atoms with Crippen LogP contribution in [0.3, 0.4) is 0 Å². The Bertz CT molecular complexity index is 1110. The first kappa shape index (κ1) is 26.7. The van der Waals surface area contributed by atoms with E-state index in [-0.39, 0.29) is 43.4 Å². The maximum Gasteiger partial charge on any atom is 0.238 e. The second-order valence-corrected chi connectivity index (χ2v) is 9.08. The molecule has 0 saturated heterocycles. The van der Waals surface area contributed by atoms with Crippen LogP contribution in [0.25, 0.3) is 0 Å². The average molecular weight is 491 g/mol. The third-order valence-electron chi connectivity index (χ3n) is 5.94. The number of amides is 3. The zero-order valence-corrected chi connectivity index (χ0v) is 21.5. The summed E-state index contributed by atoms with van der Waals surface area (Å²) >= 11 is 0. The molecule has 3 rings (SSSR count). The molecule has 0 fully saturated rings. The van der Waals surface area contributed by atoms with E-state index in [1.807, 2.05) is 71.0 Å². The van der Waals surface area contributed by atoms with Crippen LogP contribution in [-0.2, 0) is 14.4 Å². The van der Waals surface area contributed by atoms with E-state index in [4.69, 9.17) is 4.42 Å². The van der Waals surface area contributed by atoms with Crippen molar-refractivity contribution in [1.29, 1.82) is 0 Å². The monoisotopic (exact) mass is 490 g/mol. The Morgan fingerprint density at radius 1 is 0.722 bits per heavy atom. The van der Waals surface area contributed by atoms with E-state index < -0.39 is 0 Å². The number of rotatable bonds is 10. The number of carbonyl (C=O) groups is 3. The largest absolute Gasteiger partial charge is 0.467 e. The smallest absolute Gasteiger partial charge is 0.238 e. The molecular weight excluding hydrogens is 456 g/mol. The summed E-state index contributed by atoms with van der Waals surface area (Å²) in [6.07, 6.45) is 1.54. The predicted octanol–water partition coefficient (Wildman–Crippen LogP) is 4.27. The summed E-state index contributed by atoms with van der Waals surface area (Å²) in [5.41, 5.74) is 5.22. The zero-order valence-electron chi connectivity index (χ0n) is 21.5. The maximum atomic E-state index is 12.9. The lowest BCUT2D eigenvalue weighted by molar-refractivity contribution is -0.125. The van der Waals surface area contributed by atoms with Crippen molar-refractivity contribution in [3.05, 3.63) is 82.8 Å². The van der Waals surface area contributed by atoms with Crippen LogP contribution in [0.1, 0.15) is 41.0 Å². The van der Waals surface area contributed by atoms with Crippen LogP contribution in [0.15, 0.2) is 59.2 Å². The molecule has 0 aliphatic heterocycles. The molecule has 3 aromatic rings. The van der Waals surface area contributed by atoms with Gasteiger partial charge in [0.15, 0.2) is 0 Å². The molecule has 8 heteroatoms. The summed E-state index contributed by atoms with van der Waals surface area (Å²) in [5, 5.41) is 8.71. The molecule has 3 N–H and O–H groups in total. The minimum atomic E-state index is -0.346. The van der Waals surface area contributed by atoms with Gasteiger partial charge in [0.2, 0.25) is 17.7 Å². The van der Waals surface area contributed by atoms with Crippen molar-refractivity contribution in [3.8, 4) is 0 Å². The van der Waals surface area contributed by atoms with Gasteiger partial charge < -0.3 is 20.4 Å². The number of hydrogen-bond donors (Lipinski definition) is 3. The third kappa shape index (κ3) is 7.29. The number of hydrogen-bond acceptors (Lipinski definition) is 5. The number of nitrogens with one attached hydrogen (secondary N) is 3. The number of para-hydroxylation sites is 2. The summed E-state index contributed by atoms with van der Waals surface area (Å²) in [7, 11) is 0. The standard InChI is InChI=1S/C28H34N4O4/c1-18-9-6-10-19(2)27(18)30-25(34)16-32(15-24(33)29-22(5)23-13-8-14-36-23)17-26(35)31-28-20(3)11-7-12-21(28)4/h6-14,22H,15-17H2,1-5H3,(H,29,33)(H,30,34)(H,31,35)/t22-/m0/s1. The molecule has 0 bridgehead atoms. The van der Waals surface area contributed by atoms with Crippen LogP contribution < -0.4 is 16.0 Å². The molecule has 8 nitrogen and oxygen atoms in total. The SMILES string of the molecule is Cc1cccc(C)c1NC(=O)CN(CC(=O)Nc1c(C)cccc1C)CC(=O)N[C@@H](C)c1ccco1. The molecule has 0 radical (unpaired) electrons. The Labute approximate surface area is 212 Å². The van der Waals surface area contributed by atoms with Crippen molar-refractivity contribution >= 4 is 29.1 Å². The van der Waals surface area contributed by atoms with Gasteiger partial charge >= 0.3 is 0 Å². The topological polar surface area (TPSA) is 104 Å². The van der Waals surface area contributed by atoms with Gasteiger partial charge in [-0.2, -0.15) is 0 Å². The van der Waals surface area contributed by atoms with Gasteiger partial charge in [0.05, 0.1) is 31.9 Å². The lowest BCUT2D eigenvalue weighted by atomic mass is 10.1. The van der Waals surface area contributed by atoms with E-state index in [1.54, 1.807) is 18.4 Å². The second-order valence-electron chi connectivity index (χ2n) is 9.08. The number of carbonyl (C=O) groups excluding carboxylic acids is 3. The first-order valence-electron chi connectivity index (χ1n) is 11.9. The fourth-order valence-corrected chi connectivity index (χ4v) is 4.05. The van der Waals surface area contributed by atoms with Crippen molar-refractivity contribution in [3.63, 3.8) is 0 Å². The maximum absolute atomic E-state index is 12.9. The second kappa shape index (κ2) is 12.2. The quantitative estimate of drug-likeness (QED) is 0.394. The van der Waals surface area contributed by atoms with Gasteiger partial charge in [-0.15, -0.1) is 0 Å². The summed E-state index contributed by atoms with van der Waals surface area (Å²) < 4.78 is 5.35. The highest BCUT2D eigenvalue weighted by Crippen LogP contribution is 2.20. The third-order valence-corrected chi connectivity index (χ3v) is 5.94. The van der Waals surface area contributed by atoms with Crippen LogP contribution in [0.4, 0.5) is 11.4 Å². The van der Waals surface area contributed by atoms with Gasteiger partial charge in [-0.1, -0.05) is 36.4 Å². The molecule has 2 aromatic carbocycles. The zero-order chi connectivity index (χ0) is 26.2. The molecule has 190 valence electrons. The fourth-order valence-electron chi connectivity index (χ4n) is 4.05. The van der Waals surface area contributed by atoms with Gasteiger partial charge in [0, 0.05) is 11.4 Å². The number of furan rings is 1. The van der Waals surface area contributed by atoms with E-state index in [2.05, 4.69) is 16.0 Å². The lowest BCUT2D eigenvalue weighted by Gasteiger charge is -2.23. The molecule has 0 saturated carbocycles. The number of anilines is 2. The highest BCUT2D eigenvalue weighted by molar-refractivity contribution is 5.96. The van der Waals surface area contributed by atoms with E-state index in [0.29, 0.717) is 5.76 Å². The fraction of sp³-hybridized carbons (Fsp3) is 0.321. The van der Waals surface area contributed by atoms with Crippen LogP contribution in [0.5, 0.6) is 0 Å². The lowest BCUT2D eigenvalue weighted by Crippen LogP contribution is -2.45. The Morgan fingerprint density at radius 2 is 1.17 bits per heavy atom. The molecule has 0 spiro atoms. The van der Waals surface area contributed by atoms with Crippen LogP contribution >= 0.6 is 0 Å². The Balaban J connectivity index is 1.71. The van der Waals surface area contributed by atoms with Crippen LogP contribution in [-0.4, -0.2) is 42.3 Å². The molecular formula is C28H34N4O4. The highest BCUT2D eigenvalue weighted by atomic mass is 16.3. The number of nitrogens with zero attached hydrogens (tertiary/aromatic N) is 1. The van der Waals surface area contributed by atoms with Crippen molar-refractivity contribution < 1.29 is 18.8 Å². The molecule has 3 amide bonds. The van der Waals surface area contributed by atoms with Gasteiger partial charge in [-0.25, -0.2) is 0 Å². The highest BCUT2D eigenvalue weighted by Gasteiger charge is 2.21. The Morgan fingerprint density at radius 3 is 1.58 bits per heavy atom. The minimum Gasteiger partial charge on any atom is -0.467 e. The number of benzene rings is 2. The van der Waals surface area contributed by atoms with Crippen molar-refractivity contribution in [1.82, 2.24) is 10.2 Å².